The van der Waals surface area contributed by atoms with Crippen LogP contribution in [-0.4, -0.2) is 32.1 Å². The maximum absolute atomic E-state index is 9.93. The van der Waals surface area contributed by atoms with Gasteiger partial charge < -0.3 is 5.11 Å². The lowest BCUT2D eigenvalue weighted by atomic mass is 9.88. The molecular formula is C17H17NOS3. The summed E-state index contributed by atoms with van der Waals surface area (Å²) in [6.45, 7) is 0. The van der Waals surface area contributed by atoms with Gasteiger partial charge >= 0.3 is 0 Å². The van der Waals surface area contributed by atoms with Crippen LogP contribution in [0.5, 0.6) is 0 Å². The number of rotatable bonds is 4. The number of benzene rings is 1. The molecule has 1 heterocycles. The van der Waals surface area contributed by atoms with Crippen LogP contribution in [0.15, 0.2) is 59.1 Å². The highest BCUT2D eigenvalue weighted by Gasteiger charge is 2.21. The van der Waals surface area contributed by atoms with Gasteiger partial charge in [0.25, 0.3) is 0 Å². The van der Waals surface area contributed by atoms with Crippen molar-refractivity contribution in [3.05, 3.63) is 59.7 Å². The van der Waals surface area contributed by atoms with Crippen LogP contribution in [0.25, 0.3) is 0 Å². The minimum absolute atomic E-state index is 0.0180. The summed E-state index contributed by atoms with van der Waals surface area (Å²) in [4.78, 5) is 4.76. The van der Waals surface area contributed by atoms with E-state index in [0.717, 1.165) is 23.3 Å². The van der Waals surface area contributed by atoms with Crippen LogP contribution in [0.1, 0.15) is 17.9 Å². The largest absolute Gasteiger partial charge is 0.501 e. The van der Waals surface area contributed by atoms with Crippen molar-refractivity contribution in [2.45, 2.75) is 17.0 Å². The van der Waals surface area contributed by atoms with E-state index in [0.29, 0.717) is 4.71 Å². The van der Waals surface area contributed by atoms with Crippen molar-refractivity contribution in [2.24, 2.45) is 4.99 Å². The Hall–Kier alpha value is -1.04. The van der Waals surface area contributed by atoms with Gasteiger partial charge in [-0.1, -0.05) is 42.5 Å². The van der Waals surface area contributed by atoms with Gasteiger partial charge in [-0.2, -0.15) is 0 Å². The van der Waals surface area contributed by atoms with Crippen molar-refractivity contribution < 1.29 is 5.11 Å². The molecule has 1 saturated heterocycles. The van der Waals surface area contributed by atoms with Crippen LogP contribution in [0.2, 0.25) is 0 Å². The van der Waals surface area contributed by atoms with Crippen LogP contribution in [-0.2, 0) is 0 Å². The number of aliphatic hydroxyl groups excluding tert-OH is 1. The lowest BCUT2D eigenvalue weighted by molar-refractivity contribution is 0.544. The standard InChI is InChI=1S/C17H17NOS3/c19-16(20)15(12-4-2-1-3-5-12)13-6-8-14(9-7-13)18-17-21-10-11-22-17/h1-8,15,17H,9-11H2,(H,19,20). The van der Waals surface area contributed by atoms with E-state index in [4.69, 9.17) is 17.2 Å². The lowest BCUT2D eigenvalue weighted by Crippen LogP contribution is -2.14. The van der Waals surface area contributed by atoms with Crippen molar-refractivity contribution in [3.63, 3.8) is 0 Å². The van der Waals surface area contributed by atoms with Gasteiger partial charge in [0.15, 0.2) is 5.05 Å². The lowest BCUT2D eigenvalue weighted by Gasteiger charge is -2.19. The summed E-state index contributed by atoms with van der Waals surface area (Å²) in [6.07, 6.45) is 7.02. The Labute approximate surface area is 144 Å². The molecule has 22 heavy (non-hydrogen) atoms. The van der Waals surface area contributed by atoms with Crippen molar-refractivity contribution >= 4 is 46.5 Å². The maximum Gasteiger partial charge on any atom is 0.168 e. The molecule has 0 radical (unpaired) electrons. The third-order valence-corrected chi connectivity index (χ3v) is 6.58. The summed E-state index contributed by atoms with van der Waals surface area (Å²) >= 11 is 8.88. The van der Waals surface area contributed by atoms with Gasteiger partial charge in [-0.3, -0.25) is 4.99 Å². The molecule has 0 amide bonds. The Morgan fingerprint density at radius 1 is 1.18 bits per heavy atom. The molecule has 1 aliphatic heterocycles. The van der Waals surface area contributed by atoms with Crippen molar-refractivity contribution in [2.75, 3.05) is 11.5 Å². The number of aliphatic imine (C=N–C) groups is 1. The quantitative estimate of drug-likeness (QED) is 0.797. The second-order valence-electron chi connectivity index (χ2n) is 5.09. The monoisotopic (exact) mass is 347 g/mol. The van der Waals surface area contributed by atoms with Crippen LogP contribution in [0.3, 0.4) is 0 Å². The Bertz CT molecular complexity index is 631. The van der Waals surface area contributed by atoms with E-state index in [9.17, 15) is 5.11 Å². The molecule has 3 rings (SSSR count). The smallest absolute Gasteiger partial charge is 0.168 e. The van der Waals surface area contributed by atoms with Gasteiger partial charge in [0.2, 0.25) is 0 Å². The maximum atomic E-state index is 9.93. The summed E-state index contributed by atoms with van der Waals surface area (Å²) in [5, 5.41) is 9.95. The molecule has 0 spiro atoms. The van der Waals surface area contributed by atoms with Gasteiger partial charge in [-0.05, 0) is 29.4 Å². The Morgan fingerprint density at radius 3 is 2.50 bits per heavy atom. The predicted octanol–water partition coefficient (Wildman–Crippen LogP) is 4.75. The first-order chi connectivity index (χ1) is 10.7. The topological polar surface area (TPSA) is 32.6 Å². The average Bonchev–Trinajstić information content (AvgIpc) is 3.03. The van der Waals surface area contributed by atoms with Crippen LogP contribution in [0, 0.1) is 0 Å². The molecule has 2 nitrogen and oxygen atoms in total. The predicted molar refractivity (Wildman–Crippen MR) is 102 cm³/mol. The molecule has 2 aliphatic rings. The molecule has 1 N–H and O–H groups in total. The van der Waals surface area contributed by atoms with Gasteiger partial charge in [-0.15, -0.1) is 23.5 Å². The zero-order valence-electron chi connectivity index (χ0n) is 12.0. The Kier molecular flexibility index (Phi) is 5.39. The van der Waals surface area contributed by atoms with E-state index in [1.165, 1.54) is 11.5 Å². The number of thiocarbonyl (C=S) groups is 1. The number of allylic oxidation sites excluding steroid dienone is 3. The summed E-state index contributed by atoms with van der Waals surface area (Å²) in [6, 6.07) is 9.90. The van der Waals surface area contributed by atoms with Crippen molar-refractivity contribution in [3.8, 4) is 0 Å². The van der Waals surface area contributed by atoms with Crippen molar-refractivity contribution in [1.82, 2.24) is 0 Å². The molecule has 1 aromatic carbocycles. The first-order valence-corrected chi connectivity index (χ1v) is 9.70. The van der Waals surface area contributed by atoms with E-state index in [1.54, 1.807) is 0 Å². The number of hydrogen-bond donors (Lipinski definition) is 1. The Morgan fingerprint density at radius 2 is 1.91 bits per heavy atom. The first-order valence-electron chi connectivity index (χ1n) is 7.20. The van der Waals surface area contributed by atoms with Crippen LogP contribution >= 0.6 is 35.7 Å². The first kappa shape index (κ1) is 15.8. The highest BCUT2D eigenvalue weighted by atomic mass is 32.2. The minimum atomic E-state index is -0.232. The highest BCUT2D eigenvalue weighted by Crippen LogP contribution is 2.34. The molecule has 1 atom stereocenters. The third-order valence-electron chi connectivity index (χ3n) is 3.60. The van der Waals surface area contributed by atoms with Gasteiger partial charge in [0.05, 0.1) is 5.92 Å². The fraction of sp³-hybridized carbons (Fsp3) is 0.294. The summed E-state index contributed by atoms with van der Waals surface area (Å²) in [7, 11) is 0. The molecule has 114 valence electrons. The number of nitrogens with zero attached hydrogens (tertiary/aromatic N) is 1. The summed E-state index contributed by atoms with van der Waals surface area (Å²) in [5.41, 5.74) is 3.17. The molecule has 0 aromatic heterocycles. The number of hydrogen-bond acceptors (Lipinski definition) is 4. The fourth-order valence-electron chi connectivity index (χ4n) is 2.54. The zero-order chi connectivity index (χ0) is 15.4. The molecule has 1 aromatic rings. The molecular weight excluding hydrogens is 330 g/mol. The van der Waals surface area contributed by atoms with Gasteiger partial charge in [0.1, 0.15) is 4.71 Å². The average molecular weight is 348 g/mol. The molecule has 0 saturated carbocycles. The fourth-order valence-corrected chi connectivity index (χ4v) is 5.37. The SMILES string of the molecule is OC(=S)C(C1=CCC(=NC2SCCS2)C=C1)c1ccccc1. The van der Waals surface area contributed by atoms with E-state index in [1.807, 2.05) is 59.9 Å². The van der Waals surface area contributed by atoms with Gasteiger partial charge in [-0.25, -0.2) is 0 Å². The van der Waals surface area contributed by atoms with E-state index >= 15 is 0 Å². The zero-order valence-corrected chi connectivity index (χ0v) is 14.5. The van der Waals surface area contributed by atoms with Crippen molar-refractivity contribution in [1.29, 1.82) is 0 Å². The second-order valence-corrected chi connectivity index (χ2v) is 8.19. The summed E-state index contributed by atoms with van der Waals surface area (Å²) < 4.78 is 0.346. The summed E-state index contributed by atoms with van der Waals surface area (Å²) in [5.74, 6) is 2.14. The molecule has 1 unspecified atom stereocenters. The van der Waals surface area contributed by atoms with E-state index in [-0.39, 0.29) is 11.0 Å². The second kappa shape index (κ2) is 7.49. The van der Waals surface area contributed by atoms with E-state index < -0.39 is 0 Å². The number of aliphatic hydroxyl groups is 1. The normalized spacial score (nSPS) is 21.8. The molecule has 1 aliphatic carbocycles. The molecule has 1 fully saturated rings. The highest BCUT2D eigenvalue weighted by molar-refractivity contribution is 8.20. The Balaban J connectivity index is 1.76. The molecule has 0 bridgehead atoms. The van der Waals surface area contributed by atoms with Crippen LogP contribution in [0.4, 0.5) is 0 Å². The number of thioether (sulfide) groups is 2. The molecule has 5 heteroatoms. The third kappa shape index (κ3) is 3.83. The van der Waals surface area contributed by atoms with Crippen LogP contribution < -0.4 is 0 Å². The van der Waals surface area contributed by atoms with E-state index in [2.05, 4.69) is 12.2 Å². The van der Waals surface area contributed by atoms with Gasteiger partial charge in [0, 0.05) is 23.6 Å². The minimum Gasteiger partial charge on any atom is -0.501 e.